The zero-order valence-electron chi connectivity index (χ0n) is 12.2. The molecule has 1 atom stereocenters. The predicted octanol–water partition coefficient (Wildman–Crippen LogP) is 3.41. The van der Waals surface area contributed by atoms with Crippen LogP contribution in [0.5, 0.6) is 0 Å². The quantitative estimate of drug-likeness (QED) is 0.262. The monoisotopic (exact) mass is 310 g/mol. The lowest BCUT2D eigenvalue weighted by Gasteiger charge is -2.29. The van der Waals surface area contributed by atoms with E-state index in [1.807, 2.05) is 0 Å². The number of azide groups is 1. The molecule has 114 valence electrons. The minimum absolute atomic E-state index is 0.308. The summed E-state index contributed by atoms with van der Waals surface area (Å²) >= 11 is 5.88. The Morgan fingerprint density at radius 1 is 1.48 bits per heavy atom. The molecule has 1 N–H and O–H groups in total. The lowest BCUT2D eigenvalue weighted by atomic mass is 9.92. The standard InChI is InChI=1S/C14H19ClN4O2/c1-3-21-13(20)14(2,17-9-4-10-18-19-16)11-5-7-12(15)8-6-11/h5-8,17H,3-4,9-10H2,1-2H3. The van der Waals surface area contributed by atoms with Crippen LogP contribution in [0.3, 0.4) is 0 Å². The summed E-state index contributed by atoms with van der Waals surface area (Å²) in [6.07, 6.45) is 0.632. The number of rotatable bonds is 8. The van der Waals surface area contributed by atoms with Crippen molar-refractivity contribution >= 4 is 17.6 Å². The normalized spacial score (nSPS) is 13.1. The fourth-order valence-electron chi connectivity index (χ4n) is 1.88. The summed E-state index contributed by atoms with van der Waals surface area (Å²) in [4.78, 5) is 15.0. The summed E-state index contributed by atoms with van der Waals surface area (Å²) in [6.45, 7) is 4.74. The van der Waals surface area contributed by atoms with Gasteiger partial charge in [-0.05, 0) is 50.0 Å². The van der Waals surface area contributed by atoms with Crippen molar-refractivity contribution in [2.45, 2.75) is 25.8 Å². The zero-order valence-corrected chi connectivity index (χ0v) is 12.9. The first-order chi connectivity index (χ1) is 10.0. The Hall–Kier alpha value is -1.75. The second-order valence-corrected chi connectivity index (χ2v) is 5.02. The summed E-state index contributed by atoms with van der Waals surface area (Å²) in [7, 11) is 0. The summed E-state index contributed by atoms with van der Waals surface area (Å²) in [5.74, 6) is -0.351. The number of nitrogens with zero attached hydrogens (tertiary/aromatic N) is 3. The minimum Gasteiger partial charge on any atom is -0.464 e. The molecule has 0 heterocycles. The molecule has 0 bridgehead atoms. The first-order valence-corrected chi connectivity index (χ1v) is 7.11. The van der Waals surface area contributed by atoms with Crippen molar-refractivity contribution in [1.29, 1.82) is 0 Å². The fraction of sp³-hybridized carbons (Fsp3) is 0.500. The highest BCUT2D eigenvalue weighted by Crippen LogP contribution is 2.24. The van der Waals surface area contributed by atoms with Crippen LogP contribution in [0.2, 0.25) is 5.02 Å². The molecule has 0 amide bonds. The molecule has 0 fully saturated rings. The van der Waals surface area contributed by atoms with Crippen molar-refractivity contribution in [2.24, 2.45) is 5.11 Å². The molecular formula is C14H19ClN4O2. The van der Waals surface area contributed by atoms with Gasteiger partial charge in [-0.3, -0.25) is 5.32 Å². The maximum atomic E-state index is 12.3. The van der Waals surface area contributed by atoms with Crippen molar-refractivity contribution in [3.05, 3.63) is 45.3 Å². The lowest BCUT2D eigenvalue weighted by Crippen LogP contribution is -2.48. The van der Waals surface area contributed by atoms with E-state index in [1.54, 1.807) is 38.1 Å². The zero-order chi connectivity index (χ0) is 15.7. The highest BCUT2D eigenvalue weighted by molar-refractivity contribution is 6.30. The molecule has 1 rings (SSSR count). The third kappa shape index (κ3) is 4.93. The van der Waals surface area contributed by atoms with Crippen molar-refractivity contribution < 1.29 is 9.53 Å². The van der Waals surface area contributed by atoms with E-state index >= 15 is 0 Å². The number of halogens is 1. The molecule has 0 aliphatic rings. The largest absolute Gasteiger partial charge is 0.464 e. The minimum atomic E-state index is -0.961. The van der Waals surface area contributed by atoms with Crippen LogP contribution < -0.4 is 5.32 Å². The van der Waals surface area contributed by atoms with Crippen LogP contribution in [0.25, 0.3) is 10.4 Å². The van der Waals surface area contributed by atoms with Crippen LogP contribution >= 0.6 is 11.6 Å². The first kappa shape index (κ1) is 17.3. The SMILES string of the molecule is CCOC(=O)C(C)(NCCCN=[N+]=[N-])c1ccc(Cl)cc1. The molecular weight excluding hydrogens is 292 g/mol. The molecule has 21 heavy (non-hydrogen) atoms. The van der Waals surface area contributed by atoms with Crippen LogP contribution in [0.15, 0.2) is 29.4 Å². The van der Waals surface area contributed by atoms with Crippen molar-refractivity contribution in [2.75, 3.05) is 19.7 Å². The molecule has 6 nitrogen and oxygen atoms in total. The number of carbonyl (C=O) groups excluding carboxylic acids is 1. The van der Waals surface area contributed by atoms with E-state index < -0.39 is 5.54 Å². The maximum Gasteiger partial charge on any atom is 0.330 e. The van der Waals surface area contributed by atoms with Crippen LogP contribution in [-0.4, -0.2) is 25.7 Å². The van der Waals surface area contributed by atoms with E-state index in [4.69, 9.17) is 21.9 Å². The van der Waals surface area contributed by atoms with E-state index in [-0.39, 0.29) is 5.97 Å². The number of benzene rings is 1. The van der Waals surface area contributed by atoms with Crippen molar-refractivity contribution in [3.63, 3.8) is 0 Å². The van der Waals surface area contributed by atoms with E-state index in [0.717, 1.165) is 5.56 Å². The second kappa shape index (κ2) is 8.52. The first-order valence-electron chi connectivity index (χ1n) is 6.73. The Balaban J connectivity index is 2.86. The molecule has 0 aliphatic heterocycles. The van der Waals surface area contributed by atoms with E-state index in [1.165, 1.54) is 0 Å². The molecule has 7 heteroatoms. The topological polar surface area (TPSA) is 87.1 Å². The smallest absolute Gasteiger partial charge is 0.330 e. The van der Waals surface area contributed by atoms with Crippen LogP contribution in [0.4, 0.5) is 0 Å². The number of carbonyl (C=O) groups is 1. The second-order valence-electron chi connectivity index (χ2n) is 4.59. The average Bonchev–Trinajstić information content (AvgIpc) is 2.47. The molecule has 0 saturated carbocycles. The van der Waals surface area contributed by atoms with E-state index in [9.17, 15) is 4.79 Å². The highest BCUT2D eigenvalue weighted by Gasteiger charge is 2.36. The average molecular weight is 311 g/mol. The Morgan fingerprint density at radius 2 is 2.14 bits per heavy atom. The molecule has 1 aromatic carbocycles. The summed E-state index contributed by atoms with van der Waals surface area (Å²) in [5.41, 5.74) is 8.05. The van der Waals surface area contributed by atoms with Gasteiger partial charge in [0.15, 0.2) is 0 Å². The van der Waals surface area contributed by atoms with Gasteiger partial charge in [0, 0.05) is 16.5 Å². The van der Waals surface area contributed by atoms with Crippen LogP contribution in [0.1, 0.15) is 25.8 Å². The molecule has 1 aromatic rings. The van der Waals surface area contributed by atoms with Gasteiger partial charge in [-0.25, -0.2) is 4.79 Å². The van der Waals surface area contributed by atoms with Gasteiger partial charge in [0.2, 0.25) is 0 Å². The number of esters is 1. The molecule has 0 aliphatic carbocycles. The molecule has 1 unspecified atom stereocenters. The number of ether oxygens (including phenoxy) is 1. The molecule has 0 aromatic heterocycles. The lowest BCUT2D eigenvalue weighted by molar-refractivity contribution is -0.151. The Kier molecular flexibility index (Phi) is 7.02. The Bertz CT molecular complexity index is 514. The predicted molar refractivity (Wildman–Crippen MR) is 82.1 cm³/mol. The fourth-order valence-corrected chi connectivity index (χ4v) is 2.01. The van der Waals surface area contributed by atoms with Crippen LogP contribution in [-0.2, 0) is 15.1 Å². The van der Waals surface area contributed by atoms with Crippen molar-refractivity contribution in [3.8, 4) is 0 Å². The summed E-state index contributed by atoms with van der Waals surface area (Å²) in [6, 6.07) is 7.05. The third-order valence-electron chi connectivity index (χ3n) is 3.08. The summed E-state index contributed by atoms with van der Waals surface area (Å²) < 4.78 is 5.15. The summed E-state index contributed by atoms with van der Waals surface area (Å²) in [5, 5.41) is 7.24. The number of hydrogen-bond donors (Lipinski definition) is 1. The molecule has 0 radical (unpaired) electrons. The maximum absolute atomic E-state index is 12.3. The van der Waals surface area contributed by atoms with Gasteiger partial charge < -0.3 is 4.74 Å². The van der Waals surface area contributed by atoms with Gasteiger partial charge in [0.1, 0.15) is 5.54 Å². The van der Waals surface area contributed by atoms with Crippen molar-refractivity contribution in [1.82, 2.24) is 5.32 Å². The third-order valence-corrected chi connectivity index (χ3v) is 3.33. The van der Waals surface area contributed by atoms with E-state index in [0.29, 0.717) is 31.1 Å². The highest BCUT2D eigenvalue weighted by atomic mass is 35.5. The molecule has 0 spiro atoms. The number of nitrogens with one attached hydrogen (secondary N) is 1. The van der Waals surface area contributed by atoms with E-state index in [2.05, 4.69) is 15.3 Å². The number of hydrogen-bond acceptors (Lipinski definition) is 4. The van der Waals surface area contributed by atoms with Crippen LogP contribution in [0, 0.1) is 0 Å². The van der Waals surface area contributed by atoms with Gasteiger partial charge in [-0.1, -0.05) is 28.8 Å². The van der Waals surface area contributed by atoms with Gasteiger partial charge >= 0.3 is 5.97 Å². The Labute approximate surface area is 129 Å². The van der Waals surface area contributed by atoms with Gasteiger partial charge in [-0.2, -0.15) is 0 Å². The van der Waals surface area contributed by atoms with Gasteiger partial charge in [0.25, 0.3) is 0 Å². The van der Waals surface area contributed by atoms with Gasteiger partial charge in [0.05, 0.1) is 6.61 Å². The van der Waals surface area contributed by atoms with Gasteiger partial charge in [-0.15, -0.1) is 0 Å². The molecule has 0 saturated heterocycles. The Morgan fingerprint density at radius 3 is 2.71 bits per heavy atom.